The first kappa shape index (κ1) is 9.06. The highest BCUT2D eigenvalue weighted by molar-refractivity contribution is 5.02. The van der Waals surface area contributed by atoms with Gasteiger partial charge in [-0.2, -0.15) is 0 Å². The molecule has 0 bridgehead atoms. The summed E-state index contributed by atoms with van der Waals surface area (Å²) in [6, 6.07) is 0. The number of epoxide rings is 3. The third-order valence-corrected chi connectivity index (χ3v) is 2.74. The van der Waals surface area contributed by atoms with E-state index < -0.39 is 0 Å². The number of rotatable bonds is 6. The lowest BCUT2D eigenvalue weighted by molar-refractivity contribution is 0.102. The molecule has 0 spiro atoms. The zero-order valence-corrected chi connectivity index (χ0v) is 7.80. The average molecular weight is 202 g/mol. The standard InChI is InChI=1S/C9H14O5/c10-1-6-8(13-6)9-7(14-9)4-11-2-5-3-12-5/h5-10H,1-4H2. The van der Waals surface area contributed by atoms with E-state index in [4.69, 9.17) is 24.1 Å². The number of hydrogen-bond acceptors (Lipinski definition) is 5. The Hall–Kier alpha value is -0.200. The fourth-order valence-electron chi connectivity index (χ4n) is 1.65. The molecule has 80 valence electrons. The largest absolute Gasteiger partial charge is 0.394 e. The van der Waals surface area contributed by atoms with E-state index in [2.05, 4.69) is 0 Å². The van der Waals surface area contributed by atoms with Gasteiger partial charge in [-0.05, 0) is 0 Å². The Morgan fingerprint density at radius 2 is 1.86 bits per heavy atom. The van der Waals surface area contributed by atoms with Gasteiger partial charge in [-0.3, -0.25) is 0 Å². The van der Waals surface area contributed by atoms with Gasteiger partial charge in [-0.25, -0.2) is 0 Å². The lowest BCUT2D eigenvalue weighted by Gasteiger charge is -1.96. The van der Waals surface area contributed by atoms with Crippen LogP contribution in [-0.2, 0) is 18.9 Å². The second kappa shape index (κ2) is 3.43. The van der Waals surface area contributed by atoms with E-state index >= 15 is 0 Å². The van der Waals surface area contributed by atoms with Crippen LogP contribution in [0.2, 0.25) is 0 Å². The molecule has 1 N–H and O–H groups in total. The molecule has 0 aliphatic carbocycles. The molecular formula is C9H14O5. The van der Waals surface area contributed by atoms with Crippen molar-refractivity contribution >= 4 is 0 Å². The predicted molar refractivity (Wildman–Crippen MR) is 45.0 cm³/mol. The van der Waals surface area contributed by atoms with Gasteiger partial charge in [-0.1, -0.05) is 0 Å². The van der Waals surface area contributed by atoms with Crippen molar-refractivity contribution in [1.29, 1.82) is 0 Å². The van der Waals surface area contributed by atoms with Gasteiger partial charge in [0.2, 0.25) is 0 Å². The molecule has 0 aromatic rings. The zero-order chi connectivity index (χ0) is 9.54. The van der Waals surface area contributed by atoms with Gasteiger partial charge in [0.25, 0.3) is 0 Å². The van der Waals surface area contributed by atoms with E-state index in [-0.39, 0.29) is 31.0 Å². The highest BCUT2D eigenvalue weighted by Crippen LogP contribution is 2.38. The van der Waals surface area contributed by atoms with Crippen LogP contribution >= 0.6 is 0 Å². The second-order valence-corrected chi connectivity index (χ2v) is 3.95. The summed E-state index contributed by atoms with van der Waals surface area (Å²) < 4.78 is 21.0. The molecule has 14 heavy (non-hydrogen) atoms. The van der Waals surface area contributed by atoms with Crippen molar-refractivity contribution < 1.29 is 24.1 Å². The van der Waals surface area contributed by atoms with E-state index in [1.165, 1.54) is 0 Å². The van der Waals surface area contributed by atoms with Crippen molar-refractivity contribution in [2.75, 3.05) is 26.4 Å². The van der Waals surface area contributed by atoms with Crippen LogP contribution < -0.4 is 0 Å². The number of ether oxygens (including phenoxy) is 4. The predicted octanol–water partition coefficient (Wildman–Crippen LogP) is -1.07. The first-order chi connectivity index (χ1) is 6.88. The molecule has 3 aliphatic rings. The van der Waals surface area contributed by atoms with Crippen LogP contribution in [0.1, 0.15) is 0 Å². The fraction of sp³-hybridized carbons (Fsp3) is 1.00. The summed E-state index contributed by atoms with van der Waals surface area (Å²) in [5.74, 6) is 0. The minimum Gasteiger partial charge on any atom is -0.394 e. The number of aliphatic hydroxyl groups is 1. The van der Waals surface area contributed by atoms with Crippen LogP contribution in [0.25, 0.3) is 0 Å². The van der Waals surface area contributed by atoms with Gasteiger partial charge in [0.1, 0.15) is 30.5 Å². The normalized spacial score (nSPS) is 49.1. The summed E-state index contributed by atoms with van der Waals surface area (Å²) >= 11 is 0. The number of aliphatic hydroxyl groups excluding tert-OH is 1. The molecule has 3 aliphatic heterocycles. The Morgan fingerprint density at radius 1 is 1.14 bits per heavy atom. The summed E-state index contributed by atoms with van der Waals surface area (Å²) in [6.07, 6.45) is 0.722. The molecule has 5 nitrogen and oxygen atoms in total. The highest BCUT2D eigenvalue weighted by Gasteiger charge is 2.57. The molecule has 5 atom stereocenters. The SMILES string of the molecule is OCC1OC1C1OC1COCC1CO1. The minimum absolute atomic E-state index is 0.00299. The van der Waals surface area contributed by atoms with Gasteiger partial charge in [0, 0.05) is 0 Å². The monoisotopic (exact) mass is 202 g/mol. The maximum absolute atomic E-state index is 8.77. The van der Waals surface area contributed by atoms with Crippen LogP contribution in [0.5, 0.6) is 0 Å². The van der Waals surface area contributed by atoms with E-state index in [1.54, 1.807) is 0 Å². The van der Waals surface area contributed by atoms with Gasteiger partial charge in [0.05, 0.1) is 26.4 Å². The Labute approximate surface area is 81.9 Å². The Balaban J connectivity index is 1.29. The molecule has 3 fully saturated rings. The van der Waals surface area contributed by atoms with Gasteiger partial charge in [-0.15, -0.1) is 0 Å². The second-order valence-electron chi connectivity index (χ2n) is 3.95. The third-order valence-electron chi connectivity index (χ3n) is 2.74. The summed E-state index contributed by atoms with van der Waals surface area (Å²) in [7, 11) is 0. The summed E-state index contributed by atoms with van der Waals surface area (Å²) in [4.78, 5) is 0. The molecule has 0 aromatic heterocycles. The molecule has 5 unspecified atom stereocenters. The molecule has 5 heteroatoms. The fourth-order valence-corrected chi connectivity index (χ4v) is 1.65. The van der Waals surface area contributed by atoms with Crippen molar-refractivity contribution in [2.45, 2.75) is 30.5 Å². The zero-order valence-electron chi connectivity index (χ0n) is 7.80. The van der Waals surface area contributed by atoms with Crippen molar-refractivity contribution in [2.24, 2.45) is 0 Å². The van der Waals surface area contributed by atoms with Gasteiger partial charge < -0.3 is 24.1 Å². The maximum atomic E-state index is 8.77. The van der Waals surface area contributed by atoms with Crippen molar-refractivity contribution in [3.05, 3.63) is 0 Å². The summed E-state index contributed by atoms with van der Waals surface area (Å²) in [5.41, 5.74) is 0. The van der Waals surface area contributed by atoms with Gasteiger partial charge in [0.15, 0.2) is 0 Å². The minimum atomic E-state index is -0.00299. The average Bonchev–Trinajstić information content (AvgIpc) is 3.03. The Kier molecular flexibility index (Phi) is 2.22. The molecule has 0 saturated carbocycles. The molecule has 0 aromatic carbocycles. The van der Waals surface area contributed by atoms with E-state index in [0.717, 1.165) is 6.61 Å². The lowest BCUT2D eigenvalue weighted by Crippen LogP contribution is -2.13. The van der Waals surface area contributed by atoms with Crippen LogP contribution in [0, 0.1) is 0 Å². The molecule has 0 amide bonds. The molecule has 3 rings (SSSR count). The Bertz CT molecular complexity index is 217. The van der Waals surface area contributed by atoms with Crippen LogP contribution in [0.15, 0.2) is 0 Å². The summed E-state index contributed by atoms with van der Waals surface area (Å²) in [6.45, 7) is 2.20. The van der Waals surface area contributed by atoms with Crippen molar-refractivity contribution in [3.63, 3.8) is 0 Å². The number of hydrogen-bond donors (Lipinski definition) is 1. The molecule has 3 saturated heterocycles. The third kappa shape index (κ3) is 1.92. The first-order valence-corrected chi connectivity index (χ1v) is 4.99. The Morgan fingerprint density at radius 3 is 2.50 bits per heavy atom. The molecular weight excluding hydrogens is 188 g/mol. The van der Waals surface area contributed by atoms with E-state index in [0.29, 0.717) is 19.3 Å². The molecule has 3 heterocycles. The van der Waals surface area contributed by atoms with E-state index in [1.807, 2.05) is 0 Å². The van der Waals surface area contributed by atoms with Crippen molar-refractivity contribution in [3.8, 4) is 0 Å². The topological polar surface area (TPSA) is 67.0 Å². The van der Waals surface area contributed by atoms with E-state index in [9.17, 15) is 0 Å². The maximum Gasteiger partial charge on any atom is 0.115 e. The quantitative estimate of drug-likeness (QED) is 0.555. The van der Waals surface area contributed by atoms with Crippen molar-refractivity contribution in [1.82, 2.24) is 0 Å². The van der Waals surface area contributed by atoms with Crippen LogP contribution in [0.3, 0.4) is 0 Å². The molecule has 0 radical (unpaired) electrons. The lowest BCUT2D eigenvalue weighted by atomic mass is 10.2. The van der Waals surface area contributed by atoms with Crippen LogP contribution in [-0.4, -0.2) is 62.1 Å². The summed E-state index contributed by atoms with van der Waals surface area (Å²) in [5, 5.41) is 8.77. The smallest absolute Gasteiger partial charge is 0.115 e. The van der Waals surface area contributed by atoms with Gasteiger partial charge >= 0.3 is 0 Å². The first-order valence-electron chi connectivity index (χ1n) is 4.99. The highest BCUT2D eigenvalue weighted by atomic mass is 16.7. The van der Waals surface area contributed by atoms with Crippen LogP contribution in [0.4, 0.5) is 0 Å².